The van der Waals surface area contributed by atoms with E-state index >= 15 is 0 Å². The molecule has 0 radical (unpaired) electrons. The van der Waals surface area contributed by atoms with Gasteiger partial charge in [-0.2, -0.15) is 0 Å². The second-order valence-corrected chi connectivity index (χ2v) is 7.73. The van der Waals surface area contributed by atoms with Crippen LogP contribution in [0.25, 0.3) is 45.3 Å². The second kappa shape index (κ2) is 8.40. The Morgan fingerprint density at radius 2 is 1.76 bits per heavy atom. The third kappa shape index (κ3) is 3.75. The van der Waals surface area contributed by atoms with Crippen molar-refractivity contribution in [2.45, 2.75) is 6.92 Å². The van der Waals surface area contributed by atoms with E-state index in [1.165, 1.54) is 31.4 Å². The molecule has 2 aromatic heterocycles. The van der Waals surface area contributed by atoms with Crippen LogP contribution in [0.1, 0.15) is 17.0 Å². The standard InChI is InChI=1S/C26H18FN3O4/c1-14-11-19-23(28-25(32)18-6-4-3-5-17(18)24(19)31)20(12-14)26-30-29-22(34-26)10-7-15-13-16(27)8-9-21(15)33-2/h3-13H,1-2H3,(H,28,32)/b10-7+. The average Bonchev–Trinajstić information content (AvgIpc) is 3.28. The highest BCUT2D eigenvalue weighted by Gasteiger charge is 2.15. The maximum atomic E-state index is 13.6. The number of rotatable bonds is 4. The molecule has 0 fully saturated rings. The summed E-state index contributed by atoms with van der Waals surface area (Å²) < 4.78 is 24.7. The number of methoxy groups -OCH3 is 1. The quantitative estimate of drug-likeness (QED) is 0.421. The molecule has 0 bridgehead atoms. The van der Waals surface area contributed by atoms with Gasteiger partial charge < -0.3 is 14.1 Å². The first-order valence-electron chi connectivity index (χ1n) is 10.4. The van der Waals surface area contributed by atoms with Crippen LogP contribution in [-0.2, 0) is 0 Å². The minimum absolute atomic E-state index is 0.130. The van der Waals surface area contributed by atoms with Gasteiger partial charge in [-0.1, -0.05) is 18.2 Å². The van der Waals surface area contributed by atoms with Crippen molar-refractivity contribution in [1.29, 1.82) is 0 Å². The van der Waals surface area contributed by atoms with Crippen LogP contribution in [0.15, 0.2) is 68.6 Å². The van der Waals surface area contributed by atoms with Gasteiger partial charge in [0.25, 0.3) is 5.56 Å². The predicted octanol–water partition coefficient (Wildman–Crippen LogP) is 4.72. The van der Waals surface area contributed by atoms with Crippen LogP contribution < -0.4 is 15.7 Å². The number of hydrogen-bond acceptors (Lipinski definition) is 6. The van der Waals surface area contributed by atoms with Crippen LogP contribution in [0, 0.1) is 12.7 Å². The number of aromatic amines is 1. The third-order valence-corrected chi connectivity index (χ3v) is 5.45. The van der Waals surface area contributed by atoms with Gasteiger partial charge in [0.2, 0.25) is 11.8 Å². The normalized spacial score (nSPS) is 11.5. The summed E-state index contributed by atoms with van der Waals surface area (Å²) in [6.45, 7) is 1.84. The first-order chi connectivity index (χ1) is 16.4. The number of H-pyrrole nitrogens is 1. The number of fused-ring (bicyclic) bond motifs is 2. The van der Waals surface area contributed by atoms with Crippen molar-refractivity contribution in [3.8, 4) is 17.2 Å². The lowest BCUT2D eigenvalue weighted by molar-refractivity contribution is 0.412. The molecule has 0 saturated heterocycles. The highest BCUT2D eigenvalue weighted by molar-refractivity contribution is 5.97. The molecule has 5 aromatic rings. The van der Waals surface area contributed by atoms with Crippen molar-refractivity contribution < 1.29 is 13.5 Å². The number of nitrogens with one attached hydrogen (secondary N) is 1. The van der Waals surface area contributed by atoms with Crippen LogP contribution in [-0.4, -0.2) is 22.3 Å². The maximum absolute atomic E-state index is 13.6. The Kier molecular flexibility index (Phi) is 5.25. The summed E-state index contributed by atoms with van der Waals surface area (Å²) in [7, 11) is 1.49. The first-order valence-corrected chi connectivity index (χ1v) is 10.4. The van der Waals surface area contributed by atoms with E-state index in [2.05, 4.69) is 15.2 Å². The molecule has 0 atom stereocenters. The summed E-state index contributed by atoms with van der Waals surface area (Å²) in [6.07, 6.45) is 3.12. The number of aromatic nitrogens is 3. The Hall–Kier alpha value is -4.59. The SMILES string of the molecule is COc1ccc(F)cc1/C=C/c1nnc(-c2cc(C)cc3c(=O)c4ccccc4c(=O)[nH]c23)o1. The molecular weight excluding hydrogens is 437 g/mol. The van der Waals surface area contributed by atoms with Crippen molar-refractivity contribution in [2.24, 2.45) is 0 Å². The van der Waals surface area contributed by atoms with Crippen molar-refractivity contribution in [3.05, 3.63) is 98.0 Å². The molecule has 0 amide bonds. The number of nitrogens with zero attached hydrogens (tertiary/aromatic N) is 2. The van der Waals surface area contributed by atoms with Gasteiger partial charge in [0.15, 0.2) is 5.43 Å². The van der Waals surface area contributed by atoms with E-state index < -0.39 is 11.4 Å². The Bertz CT molecular complexity index is 1720. The van der Waals surface area contributed by atoms with E-state index in [0.717, 1.165) is 5.56 Å². The lowest BCUT2D eigenvalue weighted by Gasteiger charge is -2.03. The highest BCUT2D eigenvalue weighted by Crippen LogP contribution is 2.27. The molecule has 0 aliphatic heterocycles. The van der Waals surface area contributed by atoms with Gasteiger partial charge in [-0.25, -0.2) is 4.39 Å². The van der Waals surface area contributed by atoms with Crippen LogP contribution >= 0.6 is 0 Å². The van der Waals surface area contributed by atoms with Crippen LogP contribution in [0.4, 0.5) is 4.39 Å². The predicted molar refractivity (Wildman–Crippen MR) is 128 cm³/mol. The minimum atomic E-state index is -0.407. The molecule has 0 aliphatic rings. The fourth-order valence-corrected chi connectivity index (χ4v) is 3.88. The fraction of sp³-hybridized carbons (Fsp3) is 0.0769. The zero-order chi connectivity index (χ0) is 23.8. The van der Waals surface area contributed by atoms with E-state index in [1.54, 1.807) is 42.5 Å². The van der Waals surface area contributed by atoms with Crippen LogP contribution in [0.2, 0.25) is 0 Å². The largest absolute Gasteiger partial charge is 0.496 e. The fourth-order valence-electron chi connectivity index (χ4n) is 3.88. The number of ether oxygens (including phenoxy) is 1. The molecule has 0 spiro atoms. The van der Waals surface area contributed by atoms with Crippen molar-refractivity contribution in [3.63, 3.8) is 0 Å². The molecule has 3 aromatic carbocycles. The Morgan fingerprint density at radius 1 is 0.971 bits per heavy atom. The molecule has 0 saturated carbocycles. The van der Waals surface area contributed by atoms with E-state index in [9.17, 15) is 14.0 Å². The molecule has 2 heterocycles. The topological polar surface area (TPSA) is 98.1 Å². The Labute approximate surface area is 192 Å². The molecular formula is C26H18FN3O4. The maximum Gasteiger partial charge on any atom is 0.256 e. The van der Waals surface area contributed by atoms with Gasteiger partial charge in [0.1, 0.15) is 11.6 Å². The number of aryl methyl sites for hydroxylation is 1. The van der Waals surface area contributed by atoms with E-state index in [1.807, 2.05) is 6.92 Å². The van der Waals surface area contributed by atoms with Gasteiger partial charge in [-0.05, 0) is 55.0 Å². The smallest absolute Gasteiger partial charge is 0.256 e. The summed E-state index contributed by atoms with van der Waals surface area (Å²) >= 11 is 0. The molecule has 0 aliphatic carbocycles. The zero-order valence-electron chi connectivity index (χ0n) is 18.3. The van der Waals surface area contributed by atoms with Gasteiger partial charge in [0.05, 0.1) is 23.6 Å². The number of hydrogen-bond donors (Lipinski definition) is 1. The van der Waals surface area contributed by atoms with Gasteiger partial charge >= 0.3 is 0 Å². The number of benzene rings is 3. The lowest BCUT2D eigenvalue weighted by Crippen LogP contribution is -2.02. The molecule has 168 valence electrons. The molecule has 34 heavy (non-hydrogen) atoms. The van der Waals surface area contributed by atoms with E-state index in [0.29, 0.717) is 38.6 Å². The van der Waals surface area contributed by atoms with E-state index in [4.69, 9.17) is 9.15 Å². The summed E-state index contributed by atoms with van der Waals surface area (Å²) in [5.41, 5.74) is 1.36. The van der Waals surface area contributed by atoms with Gasteiger partial charge in [0, 0.05) is 22.4 Å². The van der Waals surface area contributed by atoms with Crippen molar-refractivity contribution >= 4 is 33.8 Å². The van der Waals surface area contributed by atoms with Gasteiger partial charge in [-0.15, -0.1) is 10.2 Å². The molecule has 0 unspecified atom stereocenters. The monoisotopic (exact) mass is 455 g/mol. The summed E-state index contributed by atoms with van der Waals surface area (Å²) in [6, 6.07) is 14.3. The summed E-state index contributed by atoms with van der Waals surface area (Å²) in [5, 5.41) is 9.10. The first kappa shape index (κ1) is 21.3. The summed E-state index contributed by atoms with van der Waals surface area (Å²) in [4.78, 5) is 28.9. The van der Waals surface area contributed by atoms with Gasteiger partial charge in [-0.3, -0.25) is 9.59 Å². The highest BCUT2D eigenvalue weighted by atomic mass is 19.1. The Balaban J connectivity index is 1.66. The lowest BCUT2D eigenvalue weighted by atomic mass is 10.1. The molecule has 1 N–H and O–H groups in total. The number of halogens is 1. The third-order valence-electron chi connectivity index (χ3n) is 5.45. The summed E-state index contributed by atoms with van der Waals surface area (Å²) in [5.74, 6) is 0.369. The molecule has 5 rings (SSSR count). The average molecular weight is 455 g/mol. The second-order valence-electron chi connectivity index (χ2n) is 7.73. The van der Waals surface area contributed by atoms with Crippen molar-refractivity contribution in [2.75, 3.05) is 7.11 Å². The van der Waals surface area contributed by atoms with Crippen molar-refractivity contribution in [1.82, 2.24) is 15.2 Å². The van der Waals surface area contributed by atoms with Crippen LogP contribution in [0.5, 0.6) is 5.75 Å². The van der Waals surface area contributed by atoms with Crippen LogP contribution in [0.3, 0.4) is 0 Å². The zero-order valence-corrected chi connectivity index (χ0v) is 18.3. The minimum Gasteiger partial charge on any atom is -0.496 e. The van der Waals surface area contributed by atoms with E-state index in [-0.39, 0.29) is 17.2 Å². The molecule has 7 nitrogen and oxygen atoms in total. The molecule has 8 heteroatoms. The Morgan fingerprint density at radius 3 is 2.56 bits per heavy atom.